The van der Waals surface area contributed by atoms with E-state index in [9.17, 15) is 0 Å². The number of hydrogen-bond donors (Lipinski definition) is 0. The smallest absolute Gasteiger partial charge is 0.137 e. The maximum Gasteiger partial charge on any atom is 0.137 e. The van der Waals surface area contributed by atoms with Crippen molar-refractivity contribution in [1.29, 1.82) is 0 Å². The second-order valence-corrected chi connectivity index (χ2v) is 5.48. The molecule has 0 bridgehead atoms. The predicted octanol–water partition coefficient (Wildman–Crippen LogP) is 3.79. The molecule has 2 aromatic carbocycles. The zero-order valence-electron chi connectivity index (χ0n) is 10.4. The molecule has 0 spiro atoms. The lowest BCUT2D eigenvalue weighted by Gasteiger charge is -2.16. The van der Waals surface area contributed by atoms with Crippen LogP contribution in [0.4, 0.5) is 5.69 Å². The SMILES string of the molecule is CN(C)C1=Nc2ccccc2Sc2ccccc21. The fraction of sp³-hybridized carbons (Fsp3) is 0.133. The maximum atomic E-state index is 4.80. The summed E-state index contributed by atoms with van der Waals surface area (Å²) in [4.78, 5) is 9.34. The van der Waals surface area contributed by atoms with Crippen molar-refractivity contribution < 1.29 is 0 Å². The number of para-hydroxylation sites is 1. The Morgan fingerprint density at radius 3 is 2.33 bits per heavy atom. The van der Waals surface area contributed by atoms with Gasteiger partial charge in [0, 0.05) is 29.4 Å². The third kappa shape index (κ3) is 1.91. The van der Waals surface area contributed by atoms with Crippen molar-refractivity contribution in [3.8, 4) is 0 Å². The van der Waals surface area contributed by atoms with E-state index in [0.29, 0.717) is 0 Å². The molecular formula is C15H14N2S. The molecule has 0 radical (unpaired) electrons. The van der Waals surface area contributed by atoms with Crippen LogP contribution in [-0.2, 0) is 0 Å². The van der Waals surface area contributed by atoms with E-state index in [0.717, 1.165) is 11.5 Å². The van der Waals surface area contributed by atoms with Crippen molar-refractivity contribution in [2.45, 2.75) is 9.79 Å². The van der Waals surface area contributed by atoms with Gasteiger partial charge < -0.3 is 4.90 Å². The van der Waals surface area contributed by atoms with E-state index < -0.39 is 0 Å². The van der Waals surface area contributed by atoms with Gasteiger partial charge in [0.15, 0.2) is 0 Å². The lowest BCUT2D eigenvalue weighted by molar-refractivity contribution is 0.623. The van der Waals surface area contributed by atoms with Gasteiger partial charge >= 0.3 is 0 Å². The highest BCUT2D eigenvalue weighted by atomic mass is 32.2. The predicted molar refractivity (Wildman–Crippen MR) is 76.9 cm³/mol. The van der Waals surface area contributed by atoms with Gasteiger partial charge in [0.05, 0.1) is 5.69 Å². The molecule has 0 aliphatic carbocycles. The summed E-state index contributed by atoms with van der Waals surface area (Å²) in [5, 5.41) is 0. The van der Waals surface area contributed by atoms with Crippen molar-refractivity contribution in [1.82, 2.24) is 4.90 Å². The van der Waals surface area contributed by atoms with E-state index in [-0.39, 0.29) is 0 Å². The number of benzene rings is 2. The first-order valence-corrected chi connectivity index (χ1v) is 6.69. The Labute approximate surface area is 111 Å². The lowest BCUT2D eigenvalue weighted by Crippen LogP contribution is -2.23. The molecule has 0 fully saturated rings. The van der Waals surface area contributed by atoms with Crippen LogP contribution in [0.25, 0.3) is 0 Å². The van der Waals surface area contributed by atoms with Gasteiger partial charge in [-0.15, -0.1) is 0 Å². The van der Waals surface area contributed by atoms with Crippen molar-refractivity contribution in [3.05, 3.63) is 54.1 Å². The van der Waals surface area contributed by atoms with E-state index in [1.165, 1.54) is 15.4 Å². The van der Waals surface area contributed by atoms with Crippen LogP contribution in [0.1, 0.15) is 5.56 Å². The van der Waals surface area contributed by atoms with Crippen LogP contribution in [0.3, 0.4) is 0 Å². The molecule has 1 aliphatic rings. The number of nitrogens with zero attached hydrogens (tertiary/aromatic N) is 2. The minimum atomic E-state index is 1.02. The van der Waals surface area contributed by atoms with Gasteiger partial charge in [-0.3, -0.25) is 0 Å². The first-order valence-electron chi connectivity index (χ1n) is 5.88. The van der Waals surface area contributed by atoms with Gasteiger partial charge in [0.1, 0.15) is 5.84 Å². The molecular weight excluding hydrogens is 240 g/mol. The molecule has 18 heavy (non-hydrogen) atoms. The Morgan fingerprint density at radius 2 is 1.56 bits per heavy atom. The molecule has 1 aliphatic heterocycles. The van der Waals surface area contributed by atoms with Crippen LogP contribution in [0.2, 0.25) is 0 Å². The summed E-state index contributed by atoms with van der Waals surface area (Å²) in [7, 11) is 4.07. The highest BCUT2D eigenvalue weighted by Crippen LogP contribution is 2.40. The summed E-state index contributed by atoms with van der Waals surface area (Å²) in [6, 6.07) is 16.7. The average molecular weight is 254 g/mol. The zero-order chi connectivity index (χ0) is 12.5. The fourth-order valence-corrected chi connectivity index (χ4v) is 3.03. The molecule has 0 saturated heterocycles. The summed E-state index contributed by atoms with van der Waals surface area (Å²) in [5.41, 5.74) is 2.24. The van der Waals surface area contributed by atoms with Crippen LogP contribution < -0.4 is 0 Å². The summed E-state index contributed by atoms with van der Waals surface area (Å²) in [6.07, 6.45) is 0. The third-order valence-electron chi connectivity index (χ3n) is 2.86. The first-order chi connectivity index (χ1) is 8.75. The molecule has 2 aromatic rings. The van der Waals surface area contributed by atoms with Gasteiger partial charge in [-0.25, -0.2) is 4.99 Å². The molecule has 0 saturated carbocycles. The maximum absolute atomic E-state index is 4.80. The van der Waals surface area contributed by atoms with Crippen LogP contribution >= 0.6 is 11.8 Å². The molecule has 3 heteroatoms. The van der Waals surface area contributed by atoms with E-state index in [1.807, 2.05) is 20.2 Å². The van der Waals surface area contributed by atoms with Gasteiger partial charge in [-0.05, 0) is 18.2 Å². The highest BCUT2D eigenvalue weighted by Gasteiger charge is 2.17. The lowest BCUT2D eigenvalue weighted by atomic mass is 10.2. The van der Waals surface area contributed by atoms with E-state index in [1.54, 1.807) is 11.8 Å². The quantitative estimate of drug-likeness (QED) is 0.711. The second-order valence-electron chi connectivity index (χ2n) is 4.40. The number of fused-ring (bicyclic) bond motifs is 2. The van der Waals surface area contributed by atoms with Crippen molar-refractivity contribution in [2.75, 3.05) is 14.1 Å². The monoisotopic (exact) mass is 254 g/mol. The van der Waals surface area contributed by atoms with Gasteiger partial charge in [-0.1, -0.05) is 42.1 Å². The van der Waals surface area contributed by atoms with Crippen LogP contribution in [-0.4, -0.2) is 24.8 Å². The summed E-state index contributed by atoms with van der Waals surface area (Å²) >= 11 is 1.78. The number of hydrogen-bond acceptors (Lipinski definition) is 3. The summed E-state index contributed by atoms with van der Waals surface area (Å²) in [5.74, 6) is 1.02. The largest absolute Gasteiger partial charge is 0.362 e. The van der Waals surface area contributed by atoms with E-state index in [2.05, 4.69) is 47.4 Å². The molecule has 0 N–H and O–H groups in total. The summed E-state index contributed by atoms with van der Waals surface area (Å²) in [6.45, 7) is 0. The first kappa shape index (κ1) is 11.4. The highest BCUT2D eigenvalue weighted by molar-refractivity contribution is 7.99. The van der Waals surface area contributed by atoms with Gasteiger partial charge in [0.25, 0.3) is 0 Å². The van der Waals surface area contributed by atoms with Crippen molar-refractivity contribution in [2.24, 2.45) is 4.99 Å². The minimum absolute atomic E-state index is 1.02. The van der Waals surface area contributed by atoms with E-state index in [4.69, 9.17) is 4.99 Å². The number of rotatable bonds is 0. The Hall–Kier alpha value is -1.74. The fourth-order valence-electron chi connectivity index (χ4n) is 2.01. The second kappa shape index (κ2) is 4.50. The Kier molecular flexibility index (Phi) is 2.84. The van der Waals surface area contributed by atoms with Crippen LogP contribution in [0.15, 0.2) is 63.3 Å². The molecule has 3 rings (SSSR count). The molecule has 0 aromatic heterocycles. The van der Waals surface area contributed by atoms with Crippen LogP contribution in [0.5, 0.6) is 0 Å². The van der Waals surface area contributed by atoms with Crippen molar-refractivity contribution >= 4 is 23.3 Å². The van der Waals surface area contributed by atoms with Crippen LogP contribution in [0, 0.1) is 0 Å². The Balaban J connectivity index is 2.26. The third-order valence-corrected chi connectivity index (χ3v) is 4.00. The molecule has 2 nitrogen and oxygen atoms in total. The molecule has 1 heterocycles. The molecule has 0 unspecified atom stereocenters. The standard InChI is InChI=1S/C15H14N2S/c1-17(2)15-11-7-3-5-9-13(11)18-14-10-6-4-8-12(14)16-15/h3-10H,1-2H3. The summed E-state index contributed by atoms with van der Waals surface area (Å²) < 4.78 is 0. The molecule has 0 atom stereocenters. The zero-order valence-corrected chi connectivity index (χ0v) is 11.2. The normalized spacial score (nSPS) is 13.1. The number of amidine groups is 1. The van der Waals surface area contributed by atoms with Gasteiger partial charge in [0.2, 0.25) is 0 Å². The Morgan fingerprint density at radius 1 is 0.889 bits per heavy atom. The topological polar surface area (TPSA) is 15.6 Å². The minimum Gasteiger partial charge on any atom is -0.362 e. The Bertz CT molecular complexity index is 617. The molecule has 0 amide bonds. The van der Waals surface area contributed by atoms with E-state index >= 15 is 0 Å². The number of aliphatic imine (C=N–C) groups is 1. The molecule has 90 valence electrons. The van der Waals surface area contributed by atoms with Gasteiger partial charge in [-0.2, -0.15) is 0 Å². The average Bonchev–Trinajstić information content (AvgIpc) is 2.55. The van der Waals surface area contributed by atoms with Crippen molar-refractivity contribution in [3.63, 3.8) is 0 Å².